The van der Waals surface area contributed by atoms with Crippen molar-refractivity contribution in [3.63, 3.8) is 0 Å². The van der Waals surface area contributed by atoms with Crippen molar-refractivity contribution in [3.8, 4) is 5.75 Å². The SMILES string of the molecule is CCCNC(=O)/C(Br)=C\C(=O)NCCOCCOCCC(=O)Nc1cc(C[C@H](C)CC(C)C(C)(C)C)ccc1O. The zero-order valence-electron chi connectivity index (χ0n) is 24.9. The van der Waals surface area contributed by atoms with E-state index in [9.17, 15) is 19.5 Å². The third-order valence-electron chi connectivity index (χ3n) is 6.55. The Labute approximate surface area is 248 Å². The Hall–Kier alpha value is -2.43. The number of anilines is 1. The molecule has 9 nitrogen and oxygen atoms in total. The van der Waals surface area contributed by atoms with Crippen LogP contribution < -0.4 is 16.0 Å². The first-order valence-corrected chi connectivity index (χ1v) is 14.8. The minimum absolute atomic E-state index is 0.0387. The summed E-state index contributed by atoms with van der Waals surface area (Å²) in [6.07, 6.45) is 4.12. The van der Waals surface area contributed by atoms with Gasteiger partial charge in [-0.3, -0.25) is 14.4 Å². The Balaban J connectivity index is 2.25. The van der Waals surface area contributed by atoms with Crippen molar-refractivity contribution in [1.82, 2.24) is 10.6 Å². The number of amides is 3. The van der Waals surface area contributed by atoms with Crippen molar-refractivity contribution in [2.45, 2.75) is 67.2 Å². The number of phenols is 1. The number of nitrogens with one attached hydrogen (secondary N) is 3. The first kappa shape index (κ1) is 35.6. The molecule has 0 aliphatic carbocycles. The predicted molar refractivity (Wildman–Crippen MR) is 162 cm³/mol. The Morgan fingerprint density at radius 2 is 1.70 bits per heavy atom. The topological polar surface area (TPSA) is 126 Å². The molecule has 0 saturated carbocycles. The van der Waals surface area contributed by atoms with Gasteiger partial charge in [0.05, 0.1) is 43.0 Å². The summed E-state index contributed by atoms with van der Waals surface area (Å²) in [5, 5.41) is 18.3. The lowest BCUT2D eigenvalue weighted by Gasteiger charge is -2.29. The van der Waals surface area contributed by atoms with Crippen molar-refractivity contribution in [1.29, 1.82) is 0 Å². The van der Waals surface area contributed by atoms with E-state index in [0.717, 1.165) is 24.8 Å². The molecule has 0 fully saturated rings. The van der Waals surface area contributed by atoms with Gasteiger partial charge >= 0.3 is 0 Å². The maximum atomic E-state index is 12.4. The number of aromatic hydroxyl groups is 1. The highest BCUT2D eigenvalue weighted by Crippen LogP contribution is 2.32. The van der Waals surface area contributed by atoms with E-state index in [-0.39, 0.29) is 53.6 Å². The number of benzene rings is 1. The van der Waals surface area contributed by atoms with Crippen molar-refractivity contribution in [3.05, 3.63) is 34.3 Å². The fraction of sp³-hybridized carbons (Fsp3) is 0.633. The summed E-state index contributed by atoms with van der Waals surface area (Å²) in [5.41, 5.74) is 1.75. The van der Waals surface area contributed by atoms with Crippen LogP contribution in [-0.4, -0.2) is 62.3 Å². The van der Waals surface area contributed by atoms with E-state index in [2.05, 4.69) is 66.5 Å². The molecule has 0 bridgehead atoms. The smallest absolute Gasteiger partial charge is 0.258 e. The molecule has 1 rings (SSSR count). The lowest BCUT2D eigenvalue weighted by atomic mass is 9.76. The molecule has 0 aliphatic rings. The van der Waals surface area contributed by atoms with Crippen LogP contribution in [0.25, 0.3) is 0 Å². The van der Waals surface area contributed by atoms with E-state index in [0.29, 0.717) is 37.3 Å². The number of halogens is 1. The minimum atomic E-state index is -0.398. The van der Waals surface area contributed by atoms with Gasteiger partial charge < -0.3 is 30.5 Å². The van der Waals surface area contributed by atoms with Crippen LogP contribution in [-0.2, 0) is 30.3 Å². The molecule has 226 valence electrons. The molecule has 1 unspecified atom stereocenters. The maximum absolute atomic E-state index is 12.4. The highest BCUT2D eigenvalue weighted by molar-refractivity contribution is 9.12. The molecule has 10 heteroatoms. The van der Waals surface area contributed by atoms with E-state index in [1.54, 1.807) is 6.07 Å². The van der Waals surface area contributed by atoms with Gasteiger partial charge in [0.25, 0.3) is 5.91 Å². The number of ether oxygens (including phenoxy) is 2. The summed E-state index contributed by atoms with van der Waals surface area (Å²) in [6, 6.07) is 5.37. The van der Waals surface area contributed by atoms with Crippen LogP contribution in [0.5, 0.6) is 5.75 Å². The Morgan fingerprint density at radius 1 is 1.02 bits per heavy atom. The number of carbonyl (C=O) groups excluding carboxylic acids is 3. The Morgan fingerprint density at radius 3 is 2.35 bits per heavy atom. The van der Waals surface area contributed by atoms with Gasteiger partial charge in [0.2, 0.25) is 11.8 Å². The fourth-order valence-electron chi connectivity index (χ4n) is 3.75. The molecule has 1 aromatic rings. The molecule has 0 aliphatic heterocycles. The number of hydrogen-bond donors (Lipinski definition) is 4. The van der Waals surface area contributed by atoms with Gasteiger partial charge in [-0.05, 0) is 70.1 Å². The second-order valence-electron chi connectivity index (χ2n) is 11.2. The molecular weight excluding hydrogens is 578 g/mol. The quantitative estimate of drug-likeness (QED) is 0.104. The molecule has 2 atom stereocenters. The first-order chi connectivity index (χ1) is 18.8. The second-order valence-corrected chi connectivity index (χ2v) is 12.1. The van der Waals surface area contributed by atoms with Crippen molar-refractivity contribution in [2.24, 2.45) is 17.3 Å². The van der Waals surface area contributed by atoms with Gasteiger partial charge in [-0.1, -0.05) is 47.6 Å². The summed E-state index contributed by atoms with van der Waals surface area (Å²) in [6.45, 7) is 15.2. The number of phenolic OH excluding ortho intramolecular Hbond substituents is 1. The molecule has 0 spiro atoms. The molecule has 0 radical (unpaired) electrons. The van der Waals surface area contributed by atoms with Crippen molar-refractivity contribution < 1.29 is 29.0 Å². The lowest BCUT2D eigenvalue weighted by molar-refractivity contribution is -0.119. The summed E-state index contributed by atoms with van der Waals surface area (Å²) in [5.74, 6) is 0.133. The van der Waals surface area contributed by atoms with Gasteiger partial charge in [0.1, 0.15) is 5.75 Å². The average molecular weight is 627 g/mol. The zero-order valence-corrected chi connectivity index (χ0v) is 26.5. The highest BCUT2D eigenvalue weighted by atomic mass is 79.9. The molecule has 1 aromatic carbocycles. The van der Waals surface area contributed by atoms with Crippen molar-refractivity contribution in [2.75, 3.05) is 44.8 Å². The van der Waals surface area contributed by atoms with Gasteiger partial charge in [0.15, 0.2) is 0 Å². The van der Waals surface area contributed by atoms with Crippen LogP contribution in [0.15, 0.2) is 28.8 Å². The van der Waals surface area contributed by atoms with Crippen LogP contribution in [0, 0.1) is 17.3 Å². The van der Waals surface area contributed by atoms with Crippen LogP contribution in [0.3, 0.4) is 0 Å². The van der Waals surface area contributed by atoms with Gasteiger partial charge in [0, 0.05) is 19.2 Å². The molecule has 40 heavy (non-hydrogen) atoms. The van der Waals surface area contributed by atoms with E-state index in [1.807, 2.05) is 19.1 Å². The van der Waals surface area contributed by atoms with Crippen LogP contribution >= 0.6 is 15.9 Å². The zero-order chi connectivity index (χ0) is 30.1. The summed E-state index contributed by atoms with van der Waals surface area (Å²) in [4.78, 5) is 35.9. The molecule has 0 saturated heterocycles. The third kappa shape index (κ3) is 15.4. The molecule has 0 aromatic heterocycles. The van der Waals surface area contributed by atoms with Gasteiger partial charge in [-0.2, -0.15) is 0 Å². The maximum Gasteiger partial charge on any atom is 0.258 e. The summed E-state index contributed by atoms with van der Waals surface area (Å²) in [7, 11) is 0. The standard InChI is InChI=1S/C30H48BrN3O6/c1-7-11-33-29(38)24(31)20-28(37)32-12-14-40-16-15-39-13-10-27(36)34-25-19-23(8-9-26(25)35)18-21(2)17-22(3)30(4,5)6/h8-9,19-22,35H,7,10-18H2,1-6H3,(H,32,37)(H,33,38)(H,34,36)/b24-20+/t21-,22?/m1/s1. The molecule has 4 N–H and O–H groups in total. The van der Waals surface area contributed by atoms with Gasteiger partial charge in [-0.15, -0.1) is 0 Å². The molecular formula is C30H48BrN3O6. The fourth-order valence-corrected chi connectivity index (χ4v) is 4.10. The lowest BCUT2D eigenvalue weighted by Crippen LogP contribution is -2.28. The van der Waals surface area contributed by atoms with Crippen LogP contribution in [0.2, 0.25) is 0 Å². The Kier molecular flexibility index (Phi) is 16.8. The second kappa shape index (κ2) is 18.8. The predicted octanol–water partition coefficient (Wildman–Crippen LogP) is 4.93. The summed E-state index contributed by atoms with van der Waals surface area (Å²) < 4.78 is 11.0. The first-order valence-electron chi connectivity index (χ1n) is 14.0. The minimum Gasteiger partial charge on any atom is -0.506 e. The van der Waals surface area contributed by atoms with Crippen LogP contribution in [0.4, 0.5) is 5.69 Å². The van der Waals surface area contributed by atoms with Gasteiger partial charge in [-0.25, -0.2) is 0 Å². The number of hydrogen-bond acceptors (Lipinski definition) is 6. The average Bonchev–Trinajstić information content (AvgIpc) is 2.87. The number of carbonyl (C=O) groups is 3. The van der Waals surface area contributed by atoms with Crippen molar-refractivity contribution >= 4 is 39.3 Å². The van der Waals surface area contributed by atoms with E-state index >= 15 is 0 Å². The largest absolute Gasteiger partial charge is 0.506 e. The van der Waals surface area contributed by atoms with Crippen LogP contribution in [0.1, 0.15) is 66.4 Å². The normalized spacial score (nSPS) is 13.4. The third-order valence-corrected chi connectivity index (χ3v) is 7.14. The van der Waals surface area contributed by atoms with E-state index < -0.39 is 5.91 Å². The Bertz CT molecular complexity index is 977. The molecule has 0 heterocycles. The highest BCUT2D eigenvalue weighted by Gasteiger charge is 2.22. The number of rotatable bonds is 18. The monoisotopic (exact) mass is 625 g/mol. The van der Waals surface area contributed by atoms with E-state index in [1.165, 1.54) is 6.08 Å². The molecule has 3 amide bonds. The summed E-state index contributed by atoms with van der Waals surface area (Å²) >= 11 is 3.09. The van der Waals surface area contributed by atoms with E-state index in [4.69, 9.17) is 9.47 Å².